The quantitative estimate of drug-likeness (QED) is 0.373. The lowest BCUT2D eigenvalue weighted by Crippen LogP contribution is -1.89. The Morgan fingerprint density at radius 2 is 2.27 bits per heavy atom. The maximum Gasteiger partial charge on any atom is 0.140 e. The molecule has 0 bridgehead atoms. The average Bonchev–Trinajstić information content (AvgIpc) is 1.98. The van der Waals surface area contributed by atoms with E-state index in [0.29, 0.717) is 0 Å². The molecular weight excluding hydrogens is 152 g/mol. The van der Waals surface area contributed by atoms with Crippen LogP contribution < -0.4 is 0 Å². The van der Waals surface area contributed by atoms with Gasteiger partial charge in [-0.3, -0.25) is 0 Å². The van der Waals surface area contributed by atoms with Gasteiger partial charge in [0.15, 0.2) is 0 Å². The second kappa shape index (κ2) is 3.09. The molecule has 1 aromatic carbocycles. The molecule has 0 aliphatic carbocycles. The first kappa shape index (κ1) is 7.65. The van der Waals surface area contributed by atoms with Gasteiger partial charge in [-0.2, -0.15) is 0 Å². The van der Waals surface area contributed by atoms with E-state index in [0.717, 1.165) is 18.3 Å². The zero-order valence-electron chi connectivity index (χ0n) is 5.38. The lowest BCUT2D eigenvalue weighted by atomic mass is 10.2. The summed E-state index contributed by atoms with van der Waals surface area (Å²) in [5.41, 5.74) is -0.132. The van der Waals surface area contributed by atoms with E-state index in [4.69, 9.17) is 5.21 Å². The van der Waals surface area contributed by atoms with Crippen LogP contribution in [-0.2, 0) is 0 Å². The number of hydrogen-bond donors (Lipinski definition) is 1. The van der Waals surface area contributed by atoms with Crippen molar-refractivity contribution in [1.29, 1.82) is 0 Å². The maximum absolute atomic E-state index is 12.5. The summed E-state index contributed by atoms with van der Waals surface area (Å²) in [6, 6.07) is 3.78. The molecule has 0 fully saturated rings. The average molecular weight is 156 g/mol. The molecule has 0 aliphatic rings. The Kier molecular flexibility index (Phi) is 2.15. The third-order valence-corrected chi connectivity index (χ3v) is 1.08. The summed E-state index contributed by atoms with van der Waals surface area (Å²) < 4.78 is 24.9. The predicted octanol–water partition coefficient (Wildman–Crippen LogP) is 1.57. The molecule has 0 aliphatic heterocycles. The van der Waals surface area contributed by atoms with Crippen molar-refractivity contribution in [3.8, 4) is 0 Å². The van der Waals surface area contributed by atoms with Crippen LogP contribution in [0.5, 0.6) is 0 Å². The first-order valence-corrected chi connectivity index (χ1v) is 2.78. The molecule has 1 N–H and O–H groups in total. The van der Waals surface area contributed by atoms with Crippen LogP contribution >= 0.6 is 0 Å². The smallest absolute Gasteiger partial charge is 0.140 e. The second-order valence-electron chi connectivity index (χ2n) is 1.83. The molecule has 57 valence electrons. The van der Waals surface area contributed by atoms with Crippen molar-refractivity contribution in [3.05, 3.63) is 35.4 Å². The third kappa shape index (κ3) is 1.73. The first-order chi connectivity index (χ1) is 5.24. The SMILES string of the molecule is O/N=C\c1cc(F)c[c]c1F. The van der Waals surface area contributed by atoms with Gasteiger partial charge in [0.2, 0.25) is 0 Å². The minimum absolute atomic E-state index is 0.132. The number of halogens is 2. The fraction of sp³-hybridized carbons (Fsp3) is 0. The first-order valence-electron chi connectivity index (χ1n) is 2.78. The number of rotatable bonds is 1. The second-order valence-corrected chi connectivity index (χ2v) is 1.83. The van der Waals surface area contributed by atoms with Crippen molar-refractivity contribution in [2.45, 2.75) is 0 Å². The Hall–Kier alpha value is -1.45. The summed E-state index contributed by atoms with van der Waals surface area (Å²) in [4.78, 5) is 0. The lowest BCUT2D eigenvalue weighted by molar-refractivity contribution is 0.321. The van der Waals surface area contributed by atoms with Crippen molar-refractivity contribution in [2.24, 2.45) is 5.16 Å². The van der Waals surface area contributed by atoms with Gasteiger partial charge in [0, 0.05) is 11.6 Å². The van der Waals surface area contributed by atoms with E-state index >= 15 is 0 Å². The van der Waals surface area contributed by atoms with Crippen LogP contribution in [0.25, 0.3) is 0 Å². The molecule has 0 saturated carbocycles. The summed E-state index contributed by atoms with van der Waals surface area (Å²) in [5.74, 6) is -1.37. The van der Waals surface area contributed by atoms with E-state index in [1.54, 1.807) is 0 Å². The number of oxime groups is 1. The maximum atomic E-state index is 12.5. The molecule has 0 unspecified atom stereocenters. The molecule has 0 aromatic heterocycles. The highest BCUT2D eigenvalue weighted by molar-refractivity contribution is 5.79. The molecule has 0 spiro atoms. The van der Waals surface area contributed by atoms with Gasteiger partial charge in [0.1, 0.15) is 11.6 Å². The molecule has 1 radical (unpaired) electrons. The van der Waals surface area contributed by atoms with Crippen LogP contribution in [0.3, 0.4) is 0 Å². The highest BCUT2D eigenvalue weighted by Crippen LogP contribution is 2.05. The van der Waals surface area contributed by atoms with Crippen LogP contribution in [0.1, 0.15) is 5.56 Å². The summed E-state index contributed by atoms with van der Waals surface area (Å²) in [5, 5.41) is 10.6. The van der Waals surface area contributed by atoms with E-state index in [1.807, 2.05) is 6.07 Å². The summed E-state index contributed by atoms with van der Waals surface area (Å²) in [7, 11) is 0. The molecule has 0 heterocycles. The van der Waals surface area contributed by atoms with Crippen LogP contribution in [0.15, 0.2) is 17.3 Å². The molecule has 1 rings (SSSR count). The molecule has 0 amide bonds. The molecule has 2 nitrogen and oxygen atoms in total. The number of benzene rings is 1. The monoisotopic (exact) mass is 156 g/mol. The van der Waals surface area contributed by atoms with E-state index in [-0.39, 0.29) is 5.56 Å². The molecule has 0 saturated heterocycles. The van der Waals surface area contributed by atoms with Crippen molar-refractivity contribution in [2.75, 3.05) is 0 Å². The minimum Gasteiger partial charge on any atom is -0.411 e. The molecule has 4 heteroatoms. The van der Waals surface area contributed by atoms with Crippen molar-refractivity contribution in [1.82, 2.24) is 0 Å². The topological polar surface area (TPSA) is 32.6 Å². The highest BCUT2D eigenvalue weighted by atomic mass is 19.1. The zero-order valence-corrected chi connectivity index (χ0v) is 5.38. The number of hydrogen-bond acceptors (Lipinski definition) is 2. The fourth-order valence-electron chi connectivity index (χ4n) is 0.625. The van der Waals surface area contributed by atoms with Gasteiger partial charge in [0.05, 0.1) is 6.21 Å². The Balaban J connectivity index is 3.12. The van der Waals surface area contributed by atoms with E-state index < -0.39 is 11.6 Å². The van der Waals surface area contributed by atoms with Gasteiger partial charge in [-0.15, -0.1) is 0 Å². The largest absolute Gasteiger partial charge is 0.411 e. The van der Waals surface area contributed by atoms with Gasteiger partial charge in [0.25, 0.3) is 0 Å². The Morgan fingerprint density at radius 3 is 2.91 bits per heavy atom. The summed E-state index contributed by atoms with van der Waals surface area (Å²) in [6.07, 6.45) is 0.801. The standard InChI is InChI=1S/C7H4F2NO/c8-6-1-2-7(9)5(3-6)4-10-11/h1,3-4,11H/b10-4-. The normalized spacial score (nSPS) is 10.7. The number of nitrogens with zero attached hydrogens (tertiary/aromatic N) is 1. The summed E-state index contributed by atoms with van der Waals surface area (Å²) in [6.45, 7) is 0. The predicted molar refractivity (Wildman–Crippen MR) is 34.6 cm³/mol. The Bertz CT molecular complexity index is 286. The van der Waals surface area contributed by atoms with Crippen molar-refractivity contribution in [3.63, 3.8) is 0 Å². The Morgan fingerprint density at radius 1 is 1.55 bits per heavy atom. The zero-order chi connectivity index (χ0) is 8.27. The lowest BCUT2D eigenvalue weighted by Gasteiger charge is -1.92. The fourth-order valence-corrected chi connectivity index (χ4v) is 0.625. The highest BCUT2D eigenvalue weighted by Gasteiger charge is 2.00. The van der Waals surface area contributed by atoms with Crippen LogP contribution in [0, 0.1) is 17.7 Å². The van der Waals surface area contributed by atoms with Crippen molar-refractivity contribution < 1.29 is 14.0 Å². The van der Waals surface area contributed by atoms with Crippen LogP contribution in [0.2, 0.25) is 0 Å². The Labute approximate surface area is 61.8 Å². The molecule has 11 heavy (non-hydrogen) atoms. The van der Waals surface area contributed by atoms with E-state index in [9.17, 15) is 8.78 Å². The van der Waals surface area contributed by atoms with Gasteiger partial charge in [-0.25, -0.2) is 8.78 Å². The minimum atomic E-state index is -0.746. The summed E-state index contributed by atoms with van der Waals surface area (Å²) >= 11 is 0. The van der Waals surface area contributed by atoms with E-state index in [1.165, 1.54) is 0 Å². The van der Waals surface area contributed by atoms with Gasteiger partial charge >= 0.3 is 0 Å². The van der Waals surface area contributed by atoms with Crippen LogP contribution in [-0.4, -0.2) is 11.4 Å². The van der Waals surface area contributed by atoms with Gasteiger partial charge in [-0.1, -0.05) is 5.16 Å². The van der Waals surface area contributed by atoms with E-state index in [2.05, 4.69) is 5.16 Å². The van der Waals surface area contributed by atoms with Crippen molar-refractivity contribution >= 4 is 6.21 Å². The van der Waals surface area contributed by atoms with Gasteiger partial charge < -0.3 is 5.21 Å². The molecule has 1 aromatic rings. The van der Waals surface area contributed by atoms with Gasteiger partial charge in [-0.05, 0) is 12.1 Å². The van der Waals surface area contributed by atoms with Crippen LogP contribution in [0.4, 0.5) is 8.78 Å². The molecule has 0 atom stereocenters. The molecular formula is C7H4F2NO. The third-order valence-electron chi connectivity index (χ3n) is 1.08.